The second kappa shape index (κ2) is 4.15. The lowest BCUT2D eigenvalue weighted by Gasteiger charge is -2.45. The van der Waals surface area contributed by atoms with Gasteiger partial charge in [-0.3, -0.25) is 4.79 Å². The Morgan fingerprint density at radius 2 is 2.24 bits per heavy atom. The minimum atomic E-state index is -1.88. The van der Waals surface area contributed by atoms with Crippen molar-refractivity contribution in [3.63, 3.8) is 0 Å². The van der Waals surface area contributed by atoms with E-state index in [1.165, 1.54) is 16.7 Å². The second-order valence-electron chi connectivity index (χ2n) is 5.13. The van der Waals surface area contributed by atoms with Crippen molar-refractivity contribution in [2.75, 3.05) is 5.75 Å². The predicted octanol–water partition coefficient (Wildman–Crippen LogP) is 0.491. The highest BCUT2D eigenvalue weighted by atomic mass is 32.2. The molecule has 2 atom stereocenters. The first kappa shape index (κ1) is 12.7. The third-order valence-electron chi connectivity index (χ3n) is 2.49. The smallest absolute Gasteiger partial charge is 0.323 e. The number of hydrogen-bond donors (Lipinski definition) is 1. The molecule has 0 radical (unpaired) electrons. The molecule has 0 aromatic heterocycles. The van der Waals surface area contributed by atoms with Crippen molar-refractivity contribution < 1.29 is 14.0 Å². The average Bonchev–Trinajstić information content (AvgIpc) is 2.24. The van der Waals surface area contributed by atoms with Gasteiger partial charge in [0.15, 0.2) is 0 Å². The summed E-state index contributed by atoms with van der Waals surface area (Å²) < 4.78 is 5.40. The van der Waals surface area contributed by atoms with Gasteiger partial charge in [-0.2, -0.15) is 0 Å². The standard InChI is InChI=1S/C10H16N2O3SSi/c1-17(2,3)15-10(14)6-4-12-8(13)7(11)9(12)16-5-6/h4,7,9H,5,11H2,1-3H3/t7?,9-/m1/s1. The number of nitrogens with two attached hydrogens (primary N) is 1. The lowest BCUT2D eigenvalue weighted by atomic mass is 10.1. The molecule has 17 heavy (non-hydrogen) atoms. The number of carbonyl (C=O) groups excluding carboxylic acids is 2. The van der Waals surface area contributed by atoms with Crippen LogP contribution in [0.5, 0.6) is 0 Å². The summed E-state index contributed by atoms with van der Waals surface area (Å²) in [6, 6.07) is -0.425. The molecule has 7 heteroatoms. The van der Waals surface area contributed by atoms with Crippen LogP contribution < -0.4 is 5.73 Å². The molecule has 0 aromatic rings. The van der Waals surface area contributed by atoms with Gasteiger partial charge in [-0.05, 0) is 19.6 Å². The highest BCUT2D eigenvalue weighted by molar-refractivity contribution is 8.00. The summed E-state index contributed by atoms with van der Waals surface area (Å²) in [4.78, 5) is 24.8. The number of rotatable bonds is 2. The van der Waals surface area contributed by atoms with E-state index in [0.717, 1.165) is 0 Å². The molecule has 2 aliphatic rings. The molecule has 5 nitrogen and oxygen atoms in total. The van der Waals surface area contributed by atoms with Gasteiger partial charge in [0.1, 0.15) is 11.4 Å². The van der Waals surface area contributed by atoms with Crippen molar-refractivity contribution in [3.05, 3.63) is 11.8 Å². The minimum Gasteiger partial charge on any atom is -0.517 e. The maximum absolute atomic E-state index is 11.8. The van der Waals surface area contributed by atoms with Gasteiger partial charge in [0.25, 0.3) is 0 Å². The number of nitrogens with zero attached hydrogens (tertiary/aromatic N) is 1. The Morgan fingerprint density at radius 1 is 1.59 bits per heavy atom. The van der Waals surface area contributed by atoms with Gasteiger partial charge in [-0.15, -0.1) is 11.8 Å². The van der Waals surface area contributed by atoms with E-state index in [4.69, 9.17) is 10.2 Å². The van der Waals surface area contributed by atoms with Gasteiger partial charge in [0.05, 0.1) is 5.57 Å². The van der Waals surface area contributed by atoms with Crippen molar-refractivity contribution in [1.82, 2.24) is 4.90 Å². The van der Waals surface area contributed by atoms with Crippen LogP contribution in [0.3, 0.4) is 0 Å². The van der Waals surface area contributed by atoms with Crippen LogP contribution in [0.25, 0.3) is 0 Å². The maximum atomic E-state index is 11.8. The molecule has 0 bridgehead atoms. The molecule has 1 fully saturated rings. The molecular weight excluding hydrogens is 256 g/mol. The van der Waals surface area contributed by atoms with Crippen molar-refractivity contribution in [1.29, 1.82) is 0 Å². The topological polar surface area (TPSA) is 72.6 Å². The number of amides is 1. The first-order valence-corrected chi connectivity index (χ1v) is 9.89. The van der Waals surface area contributed by atoms with Crippen LogP contribution >= 0.6 is 11.8 Å². The summed E-state index contributed by atoms with van der Waals surface area (Å²) in [5.74, 6) is 0.134. The highest BCUT2D eigenvalue weighted by Gasteiger charge is 2.47. The Balaban J connectivity index is 2.07. The summed E-state index contributed by atoms with van der Waals surface area (Å²) in [6.45, 7) is 5.86. The summed E-state index contributed by atoms with van der Waals surface area (Å²) in [6.07, 6.45) is 1.59. The second-order valence-corrected chi connectivity index (χ2v) is 10.7. The average molecular weight is 272 g/mol. The van der Waals surface area contributed by atoms with Crippen molar-refractivity contribution in [2.45, 2.75) is 31.1 Å². The van der Waals surface area contributed by atoms with Crippen LogP contribution in [-0.2, 0) is 14.0 Å². The van der Waals surface area contributed by atoms with Gasteiger partial charge >= 0.3 is 5.97 Å². The van der Waals surface area contributed by atoms with Gasteiger partial charge < -0.3 is 15.1 Å². The predicted molar refractivity (Wildman–Crippen MR) is 68.6 cm³/mol. The SMILES string of the molecule is C[Si](C)(C)OC(=O)C1=CN2C(=O)C(N)[C@H]2SC1. The first-order valence-electron chi connectivity index (χ1n) is 5.43. The number of thioether (sulfide) groups is 1. The normalized spacial score (nSPS) is 28.1. The number of carbonyl (C=O) groups is 2. The van der Waals surface area contributed by atoms with Gasteiger partial charge in [-0.25, -0.2) is 4.79 Å². The van der Waals surface area contributed by atoms with Crippen LogP contribution in [0.1, 0.15) is 0 Å². The Kier molecular flexibility index (Phi) is 3.09. The van der Waals surface area contributed by atoms with E-state index in [0.29, 0.717) is 11.3 Å². The molecule has 0 saturated carbocycles. The van der Waals surface area contributed by atoms with Gasteiger partial charge in [0.2, 0.25) is 14.2 Å². The van der Waals surface area contributed by atoms with E-state index in [2.05, 4.69) is 0 Å². The zero-order valence-electron chi connectivity index (χ0n) is 10.1. The minimum absolute atomic E-state index is 0.00840. The van der Waals surface area contributed by atoms with Crippen LogP contribution in [-0.4, -0.2) is 42.3 Å². The molecule has 2 heterocycles. The highest BCUT2D eigenvalue weighted by Crippen LogP contribution is 2.35. The quantitative estimate of drug-likeness (QED) is 0.585. The van der Waals surface area contributed by atoms with Crippen LogP contribution in [0, 0.1) is 0 Å². The molecule has 0 spiro atoms. The fraction of sp³-hybridized carbons (Fsp3) is 0.600. The molecule has 0 aliphatic carbocycles. The van der Waals surface area contributed by atoms with Crippen molar-refractivity contribution in [2.24, 2.45) is 5.73 Å². The third-order valence-corrected chi connectivity index (χ3v) is 4.62. The maximum Gasteiger partial charge on any atom is 0.323 e. The van der Waals surface area contributed by atoms with E-state index in [1.807, 2.05) is 19.6 Å². The Morgan fingerprint density at radius 3 is 2.82 bits per heavy atom. The summed E-state index contributed by atoms with van der Waals surface area (Å²) in [7, 11) is -1.88. The van der Waals surface area contributed by atoms with Crippen LogP contribution in [0.2, 0.25) is 19.6 Å². The van der Waals surface area contributed by atoms with Gasteiger partial charge in [0, 0.05) is 12.0 Å². The number of fused-ring (bicyclic) bond motifs is 1. The molecule has 0 aromatic carbocycles. The molecule has 1 amide bonds. The Bertz CT molecular complexity index is 405. The van der Waals surface area contributed by atoms with Crippen molar-refractivity contribution in [3.8, 4) is 0 Å². The van der Waals surface area contributed by atoms with E-state index in [-0.39, 0.29) is 17.3 Å². The van der Waals surface area contributed by atoms with E-state index < -0.39 is 14.4 Å². The fourth-order valence-corrected chi connectivity index (χ4v) is 3.55. The van der Waals surface area contributed by atoms with E-state index >= 15 is 0 Å². The first-order chi connectivity index (χ1) is 7.79. The molecule has 2 rings (SSSR count). The van der Waals surface area contributed by atoms with E-state index in [9.17, 15) is 9.59 Å². The molecule has 1 unspecified atom stereocenters. The largest absolute Gasteiger partial charge is 0.517 e. The molecule has 2 aliphatic heterocycles. The summed E-state index contributed by atoms with van der Waals surface area (Å²) >= 11 is 1.51. The lowest BCUT2D eigenvalue weighted by Crippen LogP contribution is -2.66. The zero-order chi connectivity index (χ0) is 12.8. The van der Waals surface area contributed by atoms with E-state index in [1.54, 1.807) is 6.20 Å². The van der Waals surface area contributed by atoms with Crippen molar-refractivity contribution >= 4 is 32.0 Å². The summed E-state index contributed by atoms with van der Waals surface area (Å²) in [5.41, 5.74) is 6.20. The molecule has 94 valence electrons. The molecule has 1 saturated heterocycles. The lowest BCUT2D eigenvalue weighted by molar-refractivity contribution is -0.140. The fourth-order valence-electron chi connectivity index (χ4n) is 1.67. The van der Waals surface area contributed by atoms with Crippen LogP contribution in [0.15, 0.2) is 11.8 Å². The van der Waals surface area contributed by atoms with Gasteiger partial charge in [-0.1, -0.05) is 0 Å². The molecule has 2 N–H and O–H groups in total. The number of hydrogen-bond acceptors (Lipinski definition) is 5. The Hall–Kier alpha value is -0.793. The molecular formula is C10H16N2O3SSi. The monoisotopic (exact) mass is 272 g/mol. The number of β-lactam (4-membered cyclic amide) rings is 1. The van der Waals surface area contributed by atoms with Crippen LogP contribution in [0.4, 0.5) is 0 Å². The summed E-state index contributed by atoms with van der Waals surface area (Å²) in [5, 5.41) is -0.00840. The Labute approximate surface area is 105 Å². The zero-order valence-corrected chi connectivity index (χ0v) is 11.9. The third kappa shape index (κ3) is 2.41.